The monoisotopic (exact) mass is 288 g/mol. The van der Waals surface area contributed by atoms with E-state index in [-0.39, 0.29) is 0 Å². The van der Waals surface area contributed by atoms with Crippen molar-refractivity contribution in [3.8, 4) is 11.1 Å². The van der Waals surface area contributed by atoms with Gasteiger partial charge in [0.25, 0.3) is 0 Å². The van der Waals surface area contributed by atoms with Gasteiger partial charge in [0.2, 0.25) is 0 Å². The van der Waals surface area contributed by atoms with Gasteiger partial charge >= 0.3 is 0 Å². The van der Waals surface area contributed by atoms with Crippen molar-refractivity contribution in [1.29, 1.82) is 5.41 Å². The lowest BCUT2D eigenvalue weighted by molar-refractivity contribution is 0.927. The summed E-state index contributed by atoms with van der Waals surface area (Å²) in [6.07, 6.45) is 6.37. The molecule has 0 saturated heterocycles. The zero-order chi connectivity index (χ0) is 15.4. The second-order valence-corrected chi connectivity index (χ2v) is 5.38. The molecule has 0 heterocycles. The molecule has 0 aromatic heterocycles. The maximum Gasteiger partial charge on any atom is 0.0701 e. The molecule has 0 saturated carbocycles. The van der Waals surface area contributed by atoms with Gasteiger partial charge in [-0.05, 0) is 24.0 Å². The zero-order valence-corrected chi connectivity index (χ0v) is 12.8. The van der Waals surface area contributed by atoms with Gasteiger partial charge in [-0.15, -0.1) is 0 Å². The molecule has 0 spiro atoms. The predicted octanol–water partition coefficient (Wildman–Crippen LogP) is 4.54. The van der Waals surface area contributed by atoms with Gasteiger partial charge in [-0.2, -0.15) is 0 Å². The van der Waals surface area contributed by atoms with Crippen molar-refractivity contribution in [1.82, 2.24) is 5.32 Å². The van der Waals surface area contributed by atoms with Crippen LogP contribution in [-0.4, -0.2) is 12.8 Å². The van der Waals surface area contributed by atoms with Crippen molar-refractivity contribution in [3.63, 3.8) is 0 Å². The number of hydrogen-bond acceptors (Lipinski definition) is 2. The molecular formula is C20H20N2. The van der Waals surface area contributed by atoms with E-state index < -0.39 is 0 Å². The summed E-state index contributed by atoms with van der Waals surface area (Å²) in [7, 11) is 1.91. The highest BCUT2D eigenvalue weighted by molar-refractivity contribution is 6.13. The first-order chi connectivity index (χ1) is 10.8. The summed E-state index contributed by atoms with van der Waals surface area (Å²) in [5.41, 5.74) is 5.98. The largest absolute Gasteiger partial charge is 0.388 e. The lowest BCUT2D eigenvalue weighted by Gasteiger charge is -2.17. The van der Waals surface area contributed by atoms with E-state index in [0.717, 1.165) is 29.7 Å². The Morgan fingerprint density at radius 1 is 0.864 bits per heavy atom. The second kappa shape index (κ2) is 6.44. The molecule has 0 bridgehead atoms. The lowest BCUT2D eigenvalue weighted by atomic mass is 9.93. The summed E-state index contributed by atoms with van der Waals surface area (Å²) < 4.78 is 0. The summed E-state index contributed by atoms with van der Waals surface area (Å²) in [4.78, 5) is 0. The number of nitrogens with one attached hydrogen (secondary N) is 2. The number of benzene rings is 2. The van der Waals surface area contributed by atoms with Gasteiger partial charge < -0.3 is 5.32 Å². The molecule has 110 valence electrons. The van der Waals surface area contributed by atoms with Gasteiger partial charge in [0.15, 0.2) is 0 Å². The summed E-state index contributed by atoms with van der Waals surface area (Å²) in [5, 5.41) is 11.7. The highest BCUT2D eigenvalue weighted by Gasteiger charge is 2.14. The van der Waals surface area contributed by atoms with Crippen LogP contribution in [0.2, 0.25) is 0 Å². The maximum absolute atomic E-state index is 8.48. The van der Waals surface area contributed by atoms with Crippen molar-refractivity contribution >= 4 is 5.71 Å². The Bertz CT molecular complexity index is 722. The minimum Gasteiger partial charge on any atom is -0.388 e. The molecular weight excluding hydrogens is 268 g/mol. The van der Waals surface area contributed by atoms with Crippen LogP contribution >= 0.6 is 0 Å². The van der Waals surface area contributed by atoms with Gasteiger partial charge in [0.1, 0.15) is 0 Å². The summed E-state index contributed by atoms with van der Waals surface area (Å²) in [6, 6.07) is 18.6. The fourth-order valence-electron chi connectivity index (χ4n) is 2.76. The highest BCUT2D eigenvalue weighted by atomic mass is 14.8. The summed E-state index contributed by atoms with van der Waals surface area (Å²) >= 11 is 0. The number of rotatable bonds is 4. The number of hydrogen-bond donors (Lipinski definition) is 2. The van der Waals surface area contributed by atoms with Gasteiger partial charge in [-0.1, -0.05) is 66.7 Å². The van der Waals surface area contributed by atoms with E-state index in [9.17, 15) is 0 Å². The Morgan fingerprint density at radius 3 is 2.18 bits per heavy atom. The van der Waals surface area contributed by atoms with E-state index in [4.69, 9.17) is 5.41 Å². The van der Waals surface area contributed by atoms with Gasteiger partial charge in [-0.3, -0.25) is 5.41 Å². The molecule has 0 fully saturated rings. The summed E-state index contributed by atoms with van der Waals surface area (Å²) in [5.74, 6) is 0. The lowest BCUT2D eigenvalue weighted by Crippen LogP contribution is -2.17. The molecule has 2 heteroatoms. The van der Waals surface area contributed by atoms with E-state index >= 15 is 0 Å². The molecule has 22 heavy (non-hydrogen) atoms. The molecule has 0 aliphatic heterocycles. The minimum absolute atomic E-state index is 0.583. The molecule has 0 unspecified atom stereocenters. The molecule has 0 radical (unpaired) electrons. The van der Waals surface area contributed by atoms with E-state index in [1.54, 1.807) is 0 Å². The van der Waals surface area contributed by atoms with Crippen LogP contribution in [0.5, 0.6) is 0 Å². The van der Waals surface area contributed by atoms with E-state index in [0.29, 0.717) is 5.71 Å². The third-order valence-electron chi connectivity index (χ3n) is 3.97. The Balaban J connectivity index is 1.86. The third kappa shape index (κ3) is 2.86. The Labute approximate surface area is 131 Å². The molecule has 3 rings (SSSR count). The third-order valence-corrected chi connectivity index (χ3v) is 3.97. The molecule has 1 aliphatic rings. The van der Waals surface area contributed by atoms with E-state index in [1.165, 1.54) is 11.1 Å². The first-order valence-electron chi connectivity index (χ1n) is 7.63. The molecule has 1 aliphatic carbocycles. The van der Waals surface area contributed by atoms with Crippen LogP contribution in [-0.2, 0) is 0 Å². The molecule has 0 atom stereocenters. The predicted molar refractivity (Wildman–Crippen MR) is 93.2 cm³/mol. The van der Waals surface area contributed by atoms with Gasteiger partial charge in [-0.25, -0.2) is 0 Å². The van der Waals surface area contributed by atoms with Crippen molar-refractivity contribution < 1.29 is 0 Å². The first-order valence-corrected chi connectivity index (χ1v) is 7.63. The van der Waals surface area contributed by atoms with Gasteiger partial charge in [0.05, 0.1) is 5.71 Å². The van der Waals surface area contributed by atoms with Crippen LogP contribution in [0.15, 0.2) is 78.0 Å². The van der Waals surface area contributed by atoms with Crippen molar-refractivity contribution in [2.24, 2.45) is 0 Å². The maximum atomic E-state index is 8.48. The van der Waals surface area contributed by atoms with Crippen molar-refractivity contribution in [3.05, 3.63) is 83.6 Å². The van der Waals surface area contributed by atoms with Crippen molar-refractivity contribution in [2.75, 3.05) is 7.05 Å². The average molecular weight is 288 g/mol. The van der Waals surface area contributed by atoms with E-state index in [2.05, 4.69) is 41.7 Å². The molecule has 0 amide bonds. The molecule has 2 aromatic rings. The van der Waals surface area contributed by atoms with Crippen LogP contribution in [0.1, 0.15) is 18.4 Å². The molecule has 2 nitrogen and oxygen atoms in total. The Kier molecular flexibility index (Phi) is 4.19. The van der Waals surface area contributed by atoms with Crippen molar-refractivity contribution in [2.45, 2.75) is 12.8 Å². The van der Waals surface area contributed by atoms with Crippen LogP contribution < -0.4 is 5.32 Å². The fraction of sp³-hybridized carbons (Fsp3) is 0.150. The molecule has 2 N–H and O–H groups in total. The average Bonchev–Trinajstić information content (AvgIpc) is 2.62. The first kappa shape index (κ1) is 14.3. The smallest absolute Gasteiger partial charge is 0.0701 e. The number of allylic oxidation sites excluding steroid dienone is 3. The second-order valence-electron chi connectivity index (χ2n) is 5.38. The normalized spacial score (nSPS) is 14.0. The highest BCUT2D eigenvalue weighted by Crippen LogP contribution is 2.23. The quantitative estimate of drug-likeness (QED) is 0.796. The standard InChI is InChI=1S/C20H20N2/c1-22-19-10-6-5-9-18(19)20(21)17-13-11-16(12-14-17)15-7-3-2-4-8-15/h2-4,7-14,21-22H,5-6H2,1H3. The Hall–Kier alpha value is -2.61. The van der Waals surface area contributed by atoms with Crippen LogP contribution in [0.3, 0.4) is 0 Å². The topological polar surface area (TPSA) is 35.9 Å². The zero-order valence-electron chi connectivity index (χ0n) is 12.8. The van der Waals surface area contributed by atoms with Crippen LogP contribution in [0, 0.1) is 5.41 Å². The van der Waals surface area contributed by atoms with Gasteiger partial charge in [0, 0.05) is 23.9 Å². The molecule has 2 aromatic carbocycles. The minimum atomic E-state index is 0.583. The summed E-state index contributed by atoms with van der Waals surface area (Å²) in [6.45, 7) is 0. The number of likely N-dealkylation sites (N-methyl/N-ethyl adjacent to an activating group) is 1. The van der Waals surface area contributed by atoms with E-state index in [1.807, 2.05) is 37.4 Å². The fourth-order valence-corrected chi connectivity index (χ4v) is 2.76. The SMILES string of the molecule is CNC1=CCCC=C1C(=N)c1ccc(-c2ccccc2)cc1. The Morgan fingerprint density at radius 2 is 1.50 bits per heavy atom. The van der Waals surface area contributed by atoms with Crippen LogP contribution in [0.4, 0.5) is 0 Å². The van der Waals surface area contributed by atoms with Crippen LogP contribution in [0.25, 0.3) is 11.1 Å².